The molecule has 2 rings (SSSR count). The van der Waals surface area contributed by atoms with Crippen LogP contribution < -0.4 is 10.5 Å². The first-order chi connectivity index (χ1) is 9.70. The maximum Gasteiger partial charge on any atom is 0.262 e. The van der Waals surface area contributed by atoms with E-state index in [0.29, 0.717) is 6.07 Å². The molecule has 0 atom stereocenters. The summed E-state index contributed by atoms with van der Waals surface area (Å²) < 4.78 is 65.8. The summed E-state index contributed by atoms with van der Waals surface area (Å²) in [6, 6.07) is 4.39. The van der Waals surface area contributed by atoms with Crippen molar-refractivity contribution in [1.82, 2.24) is 0 Å². The van der Waals surface area contributed by atoms with Crippen LogP contribution in [0.15, 0.2) is 35.2 Å². The van der Waals surface area contributed by atoms with Crippen molar-refractivity contribution in [2.45, 2.75) is 11.8 Å². The number of nitrogen functional groups attached to an aromatic ring is 1. The molecule has 0 amide bonds. The van der Waals surface area contributed by atoms with E-state index in [1.807, 2.05) is 4.72 Å². The Bertz CT molecular complexity index is 784. The highest BCUT2D eigenvalue weighted by Crippen LogP contribution is 2.24. The zero-order valence-corrected chi connectivity index (χ0v) is 11.6. The maximum absolute atomic E-state index is 13.5. The molecule has 0 bridgehead atoms. The summed E-state index contributed by atoms with van der Waals surface area (Å²) in [6.45, 7) is 1.35. The predicted octanol–water partition coefficient (Wildman–Crippen LogP) is 2.80. The molecule has 21 heavy (non-hydrogen) atoms. The van der Waals surface area contributed by atoms with E-state index in [2.05, 4.69) is 0 Å². The smallest absolute Gasteiger partial charge is 0.262 e. The van der Waals surface area contributed by atoms with Gasteiger partial charge in [0.25, 0.3) is 10.0 Å². The molecular formula is C13H11F3N2O2S. The molecule has 112 valence electrons. The molecule has 0 fully saturated rings. The van der Waals surface area contributed by atoms with Gasteiger partial charge >= 0.3 is 0 Å². The number of benzene rings is 2. The average molecular weight is 316 g/mol. The van der Waals surface area contributed by atoms with Gasteiger partial charge in [-0.1, -0.05) is 0 Å². The van der Waals surface area contributed by atoms with Gasteiger partial charge in [0.15, 0.2) is 0 Å². The first kappa shape index (κ1) is 15.2. The normalized spacial score (nSPS) is 11.4. The van der Waals surface area contributed by atoms with Crippen LogP contribution >= 0.6 is 0 Å². The lowest BCUT2D eigenvalue weighted by atomic mass is 10.2. The molecule has 0 radical (unpaired) electrons. The van der Waals surface area contributed by atoms with Crippen LogP contribution in [0.5, 0.6) is 0 Å². The summed E-state index contributed by atoms with van der Waals surface area (Å²) in [5, 5.41) is 0. The molecule has 0 aliphatic heterocycles. The van der Waals surface area contributed by atoms with E-state index in [4.69, 9.17) is 5.73 Å². The second kappa shape index (κ2) is 5.28. The first-order valence-corrected chi connectivity index (χ1v) is 7.22. The number of hydrogen-bond donors (Lipinski definition) is 2. The Balaban J connectivity index is 2.43. The molecule has 0 heterocycles. The Kier molecular flexibility index (Phi) is 3.82. The minimum absolute atomic E-state index is 0.0370. The van der Waals surface area contributed by atoms with E-state index in [-0.39, 0.29) is 16.1 Å². The van der Waals surface area contributed by atoms with Crippen molar-refractivity contribution in [1.29, 1.82) is 0 Å². The van der Waals surface area contributed by atoms with Gasteiger partial charge in [-0.15, -0.1) is 0 Å². The van der Waals surface area contributed by atoms with Gasteiger partial charge in [-0.05, 0) is 36.8 Å². The molecule has 0 saturated heterocycles. The fourth-order valence-electron chi connectivity index (χ4n) is 1.69. The number of rotatable bonds is 3. The van der Waals surface area contributed by atoms with E-state index in [1.165, 1.54) is 6.92 Å². The second-order valence-corrected chi connectivity index (χ2v) is 6.06. The number of halogens is 3. The fourth-order valence-corrected chi connectivity index (χ4v) is 2.88. The van der Waals surface area contributed by atoms with Crippen LogP contribution in [0.2, 0.25) is 0 Å². The average Bonchev–Trinajstić information content (AvgIpc) is 2.38. The molecule has 0 aliphatic carbocycles. The van der Waals surface area contributed by atoms with Crippen LogP contribution in [0, 0.1) is 24.4 Å². The third-order valence-electron chi connectivity index (χ3n) is 2.74. The van der Waals surface area contributed by atoms with Crippen molar-refractivity contribution in [2.24, 2.45) is 0 Å². The van der Waals surface area contributed by atoms with Gasteiger partial charge in [-0.25, -0.2) is 21.6 Å². The minimum atomic E-state index is -4.17. The summed E-state index contributed by atoms with van der Waals surface area (Å²) in [4.78, 5) is -0.317. The van der Waals surface area contributed by atoms with Gasteiger partial charge in [0.1, 0.15) is 17.5 Å². The maximum atomic E-state index is 13.5. The van der Waals surface area contributed by atoms with Gasteiger partial charge in [-0.2, -0.15) is 0 Å². The van der Waals surface area contributed by atoms with Gasteiger partial charge < -0.3 is 5.73 Å². The van der Waals surface area contributed by atoms with E-state index >= 15 is 0 Å². The lowest BCUT2D eigenvalue weighted by Crippen LogP contribution is -2.15. The molecule has 0 unspecified atom stereocenters. The van der Waals surface area contributed by atoms with Crippen LogP contribution in [0.1, 0.15) is 5.56 Å². The number of hydrogen-bond acceptors (Lipinski definition) is 3. The van der Waals surface area contributed by atoms with E-state index < -0.39 is 33.2 Å². The Hall–Kier alpha value is -2.22. The summed E-state index contributed by atoms with van der Waals surface area (Å²) in [7, 11) is -4.17. The van der Waals surface area contributed by atoms with Crippen LogP contribution in [0.4, 0.5) is 24.5 Å². The highest BCUT2D eigenvalue weighted by molar-refractivity contribution is 7.92. The highest BCUT2D eigenvalue weighted by atomic mass is 32.2. The number of anilines is 2. The molecule has 2 aromatic carbocycles. The standard InChI is InChI=1S/C13H11F3N2O2S/c1-7-4-9(6-11(17)13(7)16)21(19,20)18-12-3-2-8(14)5-10(12)15/h2-6,18H,17H2,1H3. The third-order valence-corrected chi connectivity index (χ3v) is 4.09. The zero-order valence-electron chi connectivity index (χ0n) is 10.8. The molecule has 8 heteroatoms. The van der Waals surface area contributed by atoms with E-state index in [9.17, 15) is 21.6 Å². The first-order valence-electron chi connectivity index (χ1n) is 5.74. The summed E-state index contributed by atoms with van der Waals surface area (Å²) in [6.07, 6.45) is 0. The van der Waals surface area contributed by atoms with Crippen molar-refractivity contribution < 1.29 is 21.6 Å². The molecule has 4 nitrogen and oxygen atoms in total. The molecule has 2 aromatic rings. The molecule has 3 N–H and O–H groups in total. The largest absolute Gasteiger partial charge is 0.396 e. The van der Waals surface area contributed by atoms with Crippen molar-refractivity contribution in [3.8, 4) is 0 Å². The van der Waals surface area contributed by atoms with E-state index in [1.54, 1.807) is 0 Å². The highest BCUT2D eigenvalue weighted by Gasteiger charge is 2.19. The molecule has 0 spiro atoms. The topological polar surface area (TPSA) is 72.2 Å². The molecule has 0 aromatic heterocycles. The summed E-state index contributed by atoms with van der Waals surface area (Å²) in [5.41, 5.74) is 4.65. The Labute approximate surface area is 119 Å². The molecular weight excluding hydrogens is 305 g/mol. The van der Waals surface area contributed by atoms with Crippen LogP contribution in [0.3, 0.4) is 0 Å². The monoisotopic (exact) mass is 316 g/mol. The summed E-state index contributed by atoms with van der Waals surface area (Å²) in [5.74, 6) is -2.62. The minimum Gasteiger partial charge on any atom is -0.396 e. The van der Waals surface area contributed by atoms with Gasteiger partial charge in [0.2, 0.25) is 0 Å². The Morgan fingerprint density at radius 3 is 2.33 bits per heavy atom. The van der Waals surface area contributed by atoms with Crippen molar-refractivity contribution in [3.05, 3.63) is 53.3 Å². The van der Waals surface area contributed by atoms with Crippen LogP contribution in [-0.4, -0.2) is 8.42 Å². The Morgan fingerprint density at radius 1 is 1.10 bits per heavy atom. The SMILES string of the molecule is Cc1cc(S(=O)(=O)Nc2ccc(F)cc2F)cc(N)c1F. The number of aryl methyl sites for hydroxylation is 1. The van der Waals surface area contributed by atoms with Crippen molar-refractivity contribution in [2.75, 3.05) is 10.5 Å². The predicted molar refractivity (Wildman–Crippen MR) is 72.7 cm³/mol. The number of nitrogens with two attached hydrogens (primary N) is 1. The molecule has 0 aliphatic rings. The third kappa shape index (κ3) is 3.10. The fraction of sp³-hybridized carbons (Fsp3) is 0.0769. The Morgan fingerprint density at radius 2 is 1.76 bits per heavy atom. The van der Waals surface area contributed by atoms with Crippen LogP contribution in [-0.2, 0) is 10.0 Å². The zero-order chi connectivity index (χ0) is 15.8. The lowest BCUT2D eigenvalue weighted by Gasteiger charge is -2.11. The van der Waals surface area contributed by atoms with E-state index in [0.717, 1.165) is 24.3 Å². The van der Waals surface area contributed by atoms with Gasteiger partial charge in [0.05, 0.1) is 16.3 Å². The van der Waals surface area contributed by atoms with Gasteiger partial charge in [-0.3, -0.25) is 4.72 Å². The quantitative estimate of drug-likeness (QED) is 0.855. The van der Waals surface area contributed by atoms with Crippen LogP contribution in [0.25, 0.3) is 0 Å². The van der Waals surface area contributed by atoms with Gasteiger partial charge in [0, 0.05) is 6.07 Å². The van der Waals surface area contributed by atoms with Crippen molar-refractivity contribution >= 4 is 21.4 Å². The number of sulfonamides is 1. The molecule has 0 saturated carbocycles. The second-order valence-electron chi connectivity index (χ2n) is 4.37. The number of nitrogens with one attached hydrogen (secondary N) is 1. The lowest BCUT2D eigenvalue weighted by molar-refractivity contribution is 0.582. The summed E-state index contributed by atoms with van der Waals surface area (Å²) >= 11 is 0. The van der Waals surface area contributed by atoms with Crippen molar-refractivity contribution in [3.63, 3.8) is 0 Å².